The van der Waals surface area contributed by atoms with Crippen LogP contribution in [0.4, 0.5) is 5.82 Å². The molecule has 0 aromatic carbocycles. The number of imidazole rings is 1. The minimum atomic E-state index is 0.385. The van der Waals surface area contributed by atoms with Gasteiger partial charge in [0.15, 0.2) is 5.82 Å². The van der Waals surface area contributed by atoms with E-state index in [4.69, 9.17) is 5.26 Å². The highest BCUT2D eigenvalue weighted by atomic mass is 15.3. The minimum Gasteiger partial charge on any atom is -0.357 e. The molecule has 27 heavy (non-hydrogen) atoms. The molecule has 0 bridgehead atoms. The molecule has 3 aromatic heterocycles. The molecule has 138 valence electrons. The maximum Gasteiger partial charge on any atom is 0.152 e. The molecule has 0 aliphatic carbocycles. The van der Waals surface area contributed by atoms with Gasteiger partial charge in [0.2, 0.25) is 0 Å². The van der Waals surface area contributed by atoms with Gasteiger partial charge in [0, 0.05) is 38.4 Å². The third-order valence-electron chi connectivity index (χ3n) is 5.27. The van der Waals surface area contributed by atoms with E-state index in [1.165, 1.54) is 0 Å². The number of rotatable bonds is 4. The fourth-order valence-electron chi connectivity index (χ4n) is 3.62. The van der Waals surface area contributed by atoms with E-state index in [0.717, 1.165) is 49.2 Å². The number of aryl methyl sites for hydroxylation is 1. The first-order chi connectivity index (χ1) is 13.2. The van der Waals surface area contributed by atoms with Gasteiger partial charge in [0.1, 0.15) is 29.2 Å². The predicted molar refractivity (Wildman–Crippen MR) is 100 cm³/mol. The number of hydrogen-bond donors (Lipinski definition) is 0. The van der Waals surface area contributed by atoms with Crippen LogP contribution in [0.5, 0.6) is 0 Å². The number of aromatic nitrogens is 6. The summed E-state index contributed by atoms with van der Waals surface area (Å²) in [5.74, 6) is 4.22. The summed E-state index contributed by atoms with van der Waals surface area (Å²) in [6.07, 6.45) is 5.76. The van der Waals surface area contributed by atoms with Gasteiger partial charge in [-0.05, 0) is 31.9 Å². The van der Waals surface area contributed by atoms with Crippen LogP contribution >= 0.6 is 0 Å². The smallest absolute Gasteiger partial charge is 0.152 e. The van der Waals surface area contributed by atoms with Crippen LogP contribution < -0.4 is 4.90 Å². The van der Waals surface area contributed by atoms with Crippen molar-refractivity contribution in [3.05, 3.63) is 53.8 Å². The van der Waals surface area contributed by atoms with Gasteiger partial charge in [-0.3, -0.25) is 0 Å². The highest BCUT2D eigenvalue weighted by Gasteiger charge is 2.26. The molecule has 0 radical (unpaired) electrons. The maximum absolute atomic E-state index is 9.04. The normalized spacial score (nSPS) is 15.1. The van der Waals surface area contributed by atoms with Crippen LogP contribution in [0.25, 0.3) is 0 Å². The van der Waals surface area contributed by atoms with Crippen LogP contribution in [0.2, 0.25) is 0 Å². The number of piperidine rings is 1. The van der Waals surface area contributed by atoms with Crippen LogP contribution in [0, 0.1) is 18.3 Å². The Morgan fingerprint density at radius 2 is 2.04 bits per heavy atom. The summed E-state index contributed by atoms with van der Waals surface area (Å²) in [6, 6.07) is 7.70. The van der Waals surface area contributed by atoms with E-state index in [2.05, 4.69) is 40.3 Å². The number of pyridine rings is 1. The lowest BCUT2D eigenvalue weighted by Gasteiger charge is -2.32. The van der Waals surface area contributed by atoms with E-state index >= 15 is 0 Å². The van der Waals surface area contributed by atoms with Gasteiger partial charge in [-0.1, -0.05) is 6.07 Å². The lowest BCUT2D eigenvalue weighted by Crippen LogP contribution is -2.34. The van der Waals surface area contributed by atoms with Crippen molar-refractivity contribution in [1.29, 1.82) is 5.26 Å². The Kier molecular flexibility index (Phi) is 4.59. The standard InChI is InChI=1S/C19H22N8/c1-14-21-8-11-27(14)13-18-23-24-19(25(18)2)15-6-9-26(10-7-15)17-5-3-4-16(12-20)22-17/h3-5,8,11,15H,6-7,9-10,13H2,1-2H3. The van der Waals surface area contributed by atoms with Crippen molar-refractivity contribution in [1.82, 2.24) is 29.3 Å². The lowest BCUT2D eigenvalue weighted by atomic mass is 9.96. The first kappa shape index (κ1) is 17.2. The van der Waals surface area contributed by atoms with Crippen LogP contribution in [0.1, 0.15) is 41.9 Å². The zero-order chi connectivity index (χ0) is 18.8. The second-order valence-corrected chi connectivity index (χ2v) is 6.89. The van der Waals surface area contributed by atoms with Gasteiger partial charge in [-0.2, -0.15) is 5.26 Å². The molecule has 1 aliphatic rings. The largest absolute Gasteiger partial charge is 0.357 e. The van der Waals surface area contributed by atoms with E-state index in [-0.39, 0.29) is 0 Å². The fourth-order valence-corrected chi connectivity index (χ4v) is 3.62. The minimum absolute atomic E-state index is 0.385. The van der Waals surface area contributed by atoms with Crippen molar-refractivity contribution < 1.29 is 0 Å². The first-order valence-electron chi connectivity index (χ1n) is 9.13. The van der Waals surface area contributed by atoms with Gasteiger partial charge in [-0.25, -0.2) is 9.97 Å². The van der Waals surface area contributed by atoms with Crippen LogP contribution in [-0.4, -0.2) is 42.4 Å². The first-order valence-corrected chi connectivity index (χ1v) is 9.13. The average Bonchev–Trinajstić information content (AvgIpc) is 3.28. The number of nitriles is 1. The molecule has 0 atom stereocenters. The Morgan fingerprint density at radius 3 is 2.74 bits per heavy atom. The molecule has 8 nitrogen and oxygen atoms in total. The second kappa shape index (κ2) is 7.19. The molecule has 4 rings (SSSR count). The number of anilines is 1. The fraction of sp³-hybridized carbons (Fsp3) is 0.421. The van der Waals surface area contributed by atoms with E-state index in [0.29, 0.717) is 18.2 Å². The van der Waals surface area contributed by atoms with Gasteiger partial charge < -0.3 is 14.0 Å². The highest BCUT2D eigenvalue weighted by molar-refractivity contribution is 5.42. The SMILES string of the molecule is Cc1nccn1Cc1nnc(C2CCN(c3cccc(C#N)n3)CC2)n1C. The molecule has 1 fully saturated rings. The molecule has 1 aliphatic heterocycles. The van der Waals surface area contributed by atoms with Crippen molar-refractivity contribution in [3.8, 4) is 6.07 Å². The molecule has 0 unspecified atom stereocenters. The van der Waals surface area contributed by atoms with Crippen molar-refractivity contribution in [2.45, 2.75) is 32.2 Å². The molecule has 0 saturated carbocycles. The molecule has 0 N–H and O–H groups in total. The third kappa shape index (κ3) is 3.40. The molecular formula is C19H22N8. The highest BCUT2D eigenvalue weighted by Crippen LogP contribution is 2.29. The van der Waals surface area contributed by atoms with Crippen molar-refractivity contribution in [2.75, 3.05) is 18.0 Å². The van der Waals surface area contributed by atoms with Gasteiger partial charge >= 0.3 is 0 Å². The zero-order valence-electron chi connectivity index (χ0n) is 15.6. The monoisotopic (exact) mass is 362 g/mol. The van der Waals surface area contributed by atoms with E-state index in [1.54, 1.807) is 12.3 Å². The molecule has 1 saturated heterocycles. The summed E-state index contributed by atoms with van der Waals surface area (Å²) in [6.45, 7) is 4.46. The third-order valence-corrected chi connectivity index (χ3v) is 5.27. The second-order valence-electron chi connectivity index (χ2n) is 6.89. The predicted octanol–water partition coefficient (Wildman–Crippen LogP) is 2.02. The topological polar surface area (TPSA) is 88.4 Å². The average molecular weight is 362 g/mol. The molecule has 8 heteroatoms. The van der Waals surface area contributed by atoms with Gasteiger partial charge in [0.05, 0.1) is 6.54 Å². The Bertz CT molecular complexity index is 972. The molecule has 3 aromatic rings. The Labute approximate surface area is 158 Å². The summed E-state index contributed by atoms with van der Waals surface area (Å²) in [7, 11) is 2.04. The van der Waals surface area contributed by atoms with E-state index in [9.17, 15) is 0 Å². The quantitative estimate of drug-likeness (QED) is 0.705. The van der Waals surface area contributed by atoms with Crippen LogP contribution in [0.15, 0.2) is 30.6 Å². The Balaban J connectivity index is 1.44. The van der Waals surface area contributed by atoms with Gasteiger partial charge in [0.25, 0.3) is 0 Å². The van der Waals surface area contributed by atoms with Crippen LogP contribution in [0.3, 0.4) is 0 Å². The summed E-state index contributed by atoms with van der Waals surface area (Å²) >= 11 is 0. The van der Waals surface area contributed by atoms with Gasteiger partial charge in [-0.15, -0.1) is 10.2 Å². The lowest BCUT2D eigenvalue weighted by molar-refractivity contribution is 0.470. The molecule has 4 heterocycles. The van der Waals surface area contributed by atoms with E-state index in [1.807, 2.05) is 32.3 Å². The number of nitrogens with zero attached hydrogens (tertiary/aromatic N) is 8. The summed E-state index contributed by atoms with van der Waals surface area (Å²) in [4.78, 5) is 10.9. The number of hydrogen-bond acceptors (Lipinski definition) is 6. The summed E-state index contributed by atoms with van der Waals surface area (Å²) in [5.41, 5.74) is 0.461. The molecule has 0 amide bonds. The summed E-state index contributed by atoms with van der Waals surface area (Å²) < 4.78 is 4.19. The maximum atomic E-state index is 9.04. The Morgan fingerprint density at radius 1 is 1.22 bits per heavy atom. The zero-order valence-corrected chi connectivity index (χ0v) is 15.6. The Hall–Kier alpha value is -3.21. The van der Waals surface area contributed by atoms with Crippen molar-refractivity contribution in [3.63, 3.8) is 0 Å². The van der Waals surface area contributed by atoms with Crippen molar-refractivity contribution >= 4 is 5.82 Å². The van der Waals surface area contributed by atoms with Crippen molar-refractivity contribution in [2.24, 2.45) is 7.05 Å². The van der Waals surface area contributed by atoms with Crippen LogP contribution in [-0.2, 0) is 13.6 Å². The van der Waals surface area contributed by atoms with E-state index < -0.39 is 0 Å². The molecule has 0 spiro atoms. The summed E-state index contributed by atoms with van der Waals surface area (Å²) in [5, 5.41) is 17.9. The molecular weight excluding hydrogens is 340 g/mol.